The van der Waals surface area contributed by atoms with E-state index in [1.54, 1.807) is 20.4 Å². The maximum Gasteiger partial charge on any atom is 0.230 e. The molecule has 3 N–H and O–H groups in total. The van der Waals surface area contributed by atoms with Crippen molar-refractivity contribution in [3.05, 3.63) is 106 Å². The second kappa shape index (κ2) is 15.6. The molecule has 1 fully saturated rings. The monoisotopic (exact) mass is 612 g/mol. The van der Waals surface area contributed by atoms with E-state index >= 15 is 0 Å². The number of anilines is 1. The number of amides is 1. The smallest absolute Gasteiger partial charge is 0.230 e. The second-order valence-corrected chi connectivity index (χ2v) is 10.8. The molecule has 0 spiro atoms. The minimum absolute atomic E-state index is 0.0360. The summed E-state index contributed by atoms with van der Waals surface area (Å²) in [6.45, 7) is 4.52. The van der Waals surface area contributed by atoms with E-state index in [4.69, 9.17) is 22.1 Å². The minimum atomic E-state index is -0.0360. The van der Waals surface area contributed by atoms with Crippen LogP contribution in [0.2, 0.25) is 5.02 Å². The van der Waals surface area contributed by atoms with E-state index in [0.717, 1.165) is 47.4 Å². The van der Waals surface area contributed by atoms with Gasteiger partial charge in [-0.15, -0.1) is 0 Å². The van der Waals surface area contributed by atoms with Gasteiger partial charge in [0, 0.05) is 47.4 Å². The fourth-order valence-electron chi connectivity index (χ4n) is 4.70. The highest BCUT2D eigenvalue weighted by Gasteiger charge is 2.33. The maximum absolute atomic E-state index is 13.9. The van der Waals surface area contributed by atoms with Crippen LogP contribution in [0.1, 0.15) is 30.9 Å². The molecule has 39 heavy (non-hydrogen) atoms. The van der Waals surface area contributed by atoms with Crippen molar-refractivity contribution in [1.82, 2.24) is 10.2 Å². The molecule has 8 heteroatoms. The minimum Gasteiger partial charge on any atom is -0.497 e. The Hall–Kier alpha value is -3.00. The molecule has 1 unspecified atom stereocenters. The number of nitrogens with zero attached hydrogens (tertiary/aromatic N) is 2. The topological polar surface area (TPSA) is 70.8 Å². The summed E-state index contributed by atoms with van der Waals surface area (Å²) in [4.78, 5) is 18.3. The first-order chi connectivity index (χ1) is 18.9. The zero-order valence-electron chi connectivity index (χ0n) is 22.8. The number of nitrogens with one attached hydrogen (secondary N) is 1. The van der Waals surface area contributed by atoms with Gasteiger partial charge in [-0.25, -0.2) is 0 Å². The van der Waals surface area contributed by atoms with Gasteiger partial charge in [0.2, 0.25) is 5.91 Å². The number of ether oxygens (including phenoxy) is 1. The van der Waals surface area contributed by atoms with Gasteiger partial charge in [-0.3, -0.25) is 9.69 Å². The van der Waals surface area contributed by atoms with Crippen LogP contribution in [0.4, 0.5) is 5.69 Å². The summed E-state index contributed by atoms with van der Waals surface area (Å²) in [5, 5.41) is 3.32. The lowest BCUT2D eigenvalue weighted by Crippen LogP contribution is -2.46. The summed E-state index contributed by atoms with van der Waals surface area (Å²) in [6, 6.07) is 24.3. The highest BCUT2D eigenvalue weighted by atomic mass is 79.9. The predicted molar refractivity (Wildman–Crippen MR) is 165 cm³/mol. The van der Waals surface area contributed by atoms with Gasteiger partial charge >= 0.3 is 0 Å². The highest BCUT2D eigenvalue weighted by Crippen LogP contribution is 2.34. The number of nitrogens with two attached hydrogens (primary N) is 1. The summed E-state index contributed by atoms with van der Waals surface area (Å²) in [6.07, 6.45) is 4.77. The fraction of sp³-hybridized carbons (Fsp3) is 0.323. The molecule has 3 aromatic rings. The number of hydrogen-bond acceptors (Lipinski definition) is 5. The first-order valence-corrected chi connectivity index (χ1v) is 14.2. The number of rotatable bonds is 8. The first kappa shape index (κ1) is 30.5. The number of carbonyl (C=O) groups excluding carboxylic acids is 1. The number of likely N-dealkylation sites (tertiary alicyclic amines) is 1. The molecule has 0 radical (unpaired) electrons. The number of methoxy groups -OCH3 is 1. The van der Waals surface area contributed by atoms with Gasteiger partial charge in [0.25, 0.3) is 0 Å². The van der Waals surface area contributed by atoms with Gasteiger partial charge in [-0.2, -0.15) is 0 Å². The number of hydrogen-bond donors (Lipinski definition) is 2. The maximum atomic E-state index is 13.9. The standard InChI is InChI=1S/C28H30BrClN2O2.C3H8N2/c1-20-16-23(14-15-31(20)18-21-6-4-3-5-7-21)28(33)32(27-17-24(30)10-13-26(27)29)19-22-8-11-25(34-2)12-9-22;1-5-3-2-4/h3-13,17,20,23H,14-16,18-19H2,1-2H3;2-3,5H,4H2,1H3/b;3-2-/t20-,23?;/m0./s1. The van der Waals surface area contributed by atoms with Crippen LogP contribution < -0.4 is 20.7 Å². The van der Waals surface area contributed by atoms with Crippen LogP contribution in [-0.2, 0) is 17.9 Å². The lowest BCUT2D eigenvalue weighted by atomic mass is 9.89. The van der Waals surface area contributed by atoms with Crippen molar-refractivity contribution in [3.8, 4) is 5.75 Å². The molecule has 1 amide bonds. The molecule has 4 rings (SSSR count). The summed E-state index contributed by atoms with van der Waals surface area (Å²) < 4.78 is 6.15. The van der Waals surface area contributed by atoms with Crippen molar-refractivity contribution in [2.45, 2.75) is 38.9 Å². The van der Waals surface area contributed by atoms with Gasteiger partial charge in [0.15, 0.2) is 0 Å². The van der Waals surface area contributed by atoms with Crippen LogP contribution in [0.15, 0.2) is 89.7 Å². The molecule has 0 aromatic heterocycles. The second-order valence-electron chi connectivity index (χ2n) is 9.54. The molecule has 3 aromatic carbocycles. The van der Waals surface area contributed by atoms with Crippen LogP contribution in [0.5, 0.6) is 5.75 Å². The van der Waals surface area contributed by atoms with Gasteiger partial charge in [0.05, 0.1) is 19.3 Å². The Morgan fingerprint density at radius 2 is 1.87 bits per heavy atom. The molecule has 1 saturated heterocycles. The molecular weight excluding hydrogens is 576 g/mol. The van der Waals surface area contributed by atoms with Gasteiger partial charge in [-0.1, -0.05) is 54.1 Å². The number of benzene rings is 3. The number of piperidine rings is 1. The van der Waals surface area contributed by atoms with Gasteiger partial charge in [-0.05, 0) is 83.7 Å². The lowest BCUT2D eigenvalue weighted by Gasteiger charge is -2.39. The Morgan fingerprint density at radius 3 is 2.46 bits per heavy atom. The van der Waals surface area contributed by atoms with Crippen LogP contribution in [0, 0.1) is 5.92 Å². The summed E-state index contributed by atoms with van der Waals surface area (Å²) >= 11 is 9.97. The Kier molecular flexibility index (Phi) is 12.2. The van der Waals surface area contributed by atoms with E-state index in [0.29, 0.717) is 17.6 Å². The summed E-state index contributed by atoms with van der Waals surface area (Å²) in [5.74, 6) is 0.904. The molecule has 0 saturated carbocycles. The summed E-state index contributed by atoms with van der Waals surface area (Å²) in [5.41, 5.74) is 8.04. The van der Waals surface area contributed by atoms with Gasteiger partial charge in [0.1, 0.15) is 5.75 Å². The van der Waals surface area contributed by atoms with Crippen molar-refractivity contribution >= 4 is 39.1 Å². The third-order valence-corrected chi connectivity index (χ3v) is 7.72. The molecule has 0 bridgehead atoms. The van der Waals surface area contributed by atoms with Crippen molar-refractivity contribution in [2.24, 2.45) is 11.7 Å². The van der Waals surface area contributed by atoms with Gasteiger partial charge < -0.3 is 20.7 Å². The molecule has 0 aliphatic carbocycles. The van der Waals surface area contributed by atoms with E-state index in [9.17, 15) is 4.79 Å². The number of carbonyl (C=O) groups is 1. The molecule has 6 nitrogen and oxygen atoms in total. The van der Waals surface area contributed by atoms with Crippen LogP contribution >= 0.6 is 27.5 Å². The van der Waals surface area contributed by atoms with Crippen molar-refractivity contribution in [3.63, 3.8) is 0 Å². The third kappa shape index (κ3) is 9.02. The predicted octanol–water partition coefficient (Wildman–Crippen LogP) is 6.58. The Balaban J connectivity index is 0.000000771. The molecule has 2 atom stereocenters. The third-order valence-electron chi connectivity index (χ3n) is 6.82. The normalized spacial score (nSPS) is 17.3. The van der Waals surface area contributed by atoms with Crippen molar-refractivity contribution < 1.29 is 9.53 Å². The van der Waals surface area contributed by atoms with Crippen molar-refractivity contribution in [2.75, 3.05) is 25.6 Å². The van der Waals surface area contributed by atoms with Crippen LogP contribution in [-0.4, -0.2) is 37.6 Å². The van der Waals surface area contributed by atoms with Crippen LogP contribution in [0.3, 0.4) is 0 Å². The molecule has 208 valence electrons. The van der Waals surface area contributed by atoms with Crippen molar-refractivity contribution in [1.29, 1.82) is 0 Å². The molecule has 1 aliphatic rings. The van der Waals surface area contributed by atoms with E-state index in [2.05, 4.69) is 57.3 Å². The molecule has 1 heterocycles. The Morgan fingerprint density at radius 1 is 1.15 bits per heavy atom. The van der Waals surface area contributed by atoms with Crippen LogP contribution in [0.25, 0.3) is 0 Å². The average Bonchev–Trinajstić information content (AvgIpc) is 2.95. The highest BCUT2D eigenvalue weighted by molar-refractivity contribution is 9.10. The summed E-state index contributed by atoms with van der Waals surface area (Å²) in [7, 11) is 3.45. The first-order valence-electron chi connectivity index (χ1n) is 13.1. The molecule has 1 aliphatic heterocycles. The SMILES string of the molecule is CN/C=C\N.COc1ccc(CN(C(=O)C2CCN(Cc3ccccc3)[C@@H](C)C2)c2cc(Cl)ccc2Br)cc1. The zero-order chi connectivity index (χ0) is 28.2. The van der Waals surface area contributed by atoms with E-state index in [-0.39, 0.29) is 11.8 Å². The largest absolute Gasteiger partial charge is 0.497 e. The Labute approximate surface area is 245 Å². The molecular formula is C31H38BrClN4O2. The fourth-order valence-corrected chi connectivity index (χ4v) is 5.33. The van der Waals surface area contributed by atoms with E-state index < -0.39 is 0 Å². The Bertz CT molecular complexity index is 1210. The quantitative estimate of drug-likeness (QED) is 0.300. The zero-order valence-corrected chi connectivity index (χ0v) is 25.2. The average molecular weight is 614 g/mol. The number of halogens is 2. The van der Waals surface area contributed by atoms with E-state index in [1.165, 1.54) is 11.8 Å². The lowest BCUT2D eigenvalue weighted by molar-refractivity contribution is -0.124. The van der Waals surface area contributed by atoms with E-state index in [1.807, 2.05) is 53.4 Å².